The molecule has 1 aromatic heterocycles. The van der Waals surface area contributed by atoms with E-state index < -0.39 is 0 Å². The minimum Gasteiger partial charge on any atom is -0.465 e. The van der Waals surface area contributed by atoms with E-state index in [4.69, 9.17) is 4.42 Å². The minimum atomic E-state index is 0.667. The van der Waals surface area contributed by atoms with Crippen molar-refractivity contribution in [2.24, 2.45) is 5.92 Å². The zero-order valence-electron chi connectivity index (χ0n) is 11.2. The lowest BCUT2D eigenvalue weighted by atomic mass is 9.83. The van der Waals surface area contributed by atoms with Crippen molar-refractivity contribution in [2.75, 3.05) is 0 Å². The highest BCUT2D eigenvalue weighted by molar-refractivity contribution is 5.05. The van der Waals surface area contributed by atoms with Crippen molar-refractivity contribution in [3.8, 4) is 0 Å². The van der Waals surface area contributed by atoms with Crippen molar-refractivity contribution in [3.63, 3.8) is 0 Å². The third-order valence-corrected chi connectivity index (χ3v) is 3.99. The van der Waals surface area contributed by atoms with Gasteiger partial charge in [-0.3, -0.25) is 0 Å². The molecule has 2 nitrogen and oxygen atoms in total. The van der Waals surface area contributed by atoms with Crippen LogP contribution in [0.2, 0.25) is 0 Å². The third kappa shape index (κ3) is 3.60. The van der Waals surface area contributed by atoms with Crippen LogP contribution in [0.4, 0.5) is 0 Å². The smallest absolute Gasteiger partial charge is 0.117 e. The molecule has 1 aliphatic carbocycles. The minimum absolute atomic E-state index is 0.667. The Morgan fingerprint density at radius 2 is 2.06 bits per heavy atom. The lowest BCUT2D eigenvalue weighted by molar-refractivity contribution is 0.256. The molecule has 2 rings (SSSR count). The lowest BCUT2D eigenvalue weighted by Gasteiger charge is -2.30. The largest absolute Gasteiger partial charge is 0.465 e. The van der Waals surface area contributed by atoms with Crippen LogP contribution >= 0.6 is 0 Å². The SMILES string of the molecule is CCC(NCc1ccc(C)o1)C1CCCCC1. The first-order valence-electron chi connectivity index (χ1n) is 7.08. The van der Waals surface area contributed by atoms with Gasteiger partial charge in [-0.2, -0.15) is 0 Å². The van der Waals surface area contributed by atoms with Crippen molar-refractivity contribution in [1.29, 1.82) is 0 Å². The van der Waals surface area contributed by atoms with Gasteiger partial charge in [-0.15, -0.1) is 0 Å². The van der Waals surface area contributed by atoms with Gasteiger partial charge in [0.1, 0.15) is 11.5 Å². The van der Waals surface area contributed by atoms with Crippen molar-refractivity contribution in [2.45, 2.75) is 65.0 Å². The van der Waals surface area contributed by atoms with E-state index >= 15 is 0 Å². The van der Waals surface area contributed by atoms with Crippen LogP contribution in [0.3, 0.4) is 0 Å². The van der Waals surface area contributed by atoms with E-state index in [9.17, 15) is 0 Å². The number of nitrogens with one attached hydrogen (secondary N) is 1. The summed E-state index contributed by atoms with van der Waals surface area (Å²) in [7, 11) is 0. The summed E-state index contributed by atoms with van der Waals surface area (Å²) >= 11 is 0. The van der Waals surface area contributed by atoms with E-state index in [0.717, 1.165) is 24.0 Å². The van der Waals surface area contributed by atoms with Crippen molar-refractivity contribution in [1.82, 2.24) is 5.32 Å². The molecule has 1 unspecified atom stereocenters. The molecule has 1 fully saturated rings. The fraction of sp³-hybridized carbons (Fsp3) is 0.733. The van der Waals surface area contributed by atoms with Crippen LogP contribution in [0.25, 0.3) is 0 Å². The molecule has 0 aromatic carbocycles. The Bertz CT molecular complexity index is 325. The summed E-state index contributed by atoms with van der Waals surface area (Å²) < 4.78 is 5.60. The van der Waals surface area contributed by atoms with Crippen LogP contribution in [0.5, 0.6) is 0 Å². The fourth-order valence-electron chi connectivity index (χ4n) is 2.99. The molecule has 96 valence electrons. The third-order valence-electron chi connectivity index (χ3n) is 3.99. The van der Waals surface area contributed by atoms with E-state index in [2.05, 4.69) is 18.3 Å². The molecule has 1 aliphatic rings. The van der Waals surface area contributed by atoms with E-state index in [1.54, 1.807) is 0 Å². The zero-order chi connectivity index (χ0) is 12.1. The number of hydrogen-bond acceptors (Lipinski definition) is 2. The molecule has 17 heavy (non-hydrogen) atoms. The van der Waals surface area contributed by atoms with Crippen LogP contribution in [0.15, 0.2) is 16.5 Å². The maximum Gasteiger partial charge on any atom is 0.117 e. The zero-order valence-corrected chi connectivity index (χ0v) is 11.2. The van der Waals surface area contributed by atoms with Gasteiger partial charge in [-0.25, -0.2) is 0 Å². The summed E-state index contributed by atoms with van der Waals surface area (Å²) in [4.78, 5) is 0. The lowest BCUT2D eigenvalue weighted by Crippen LogP contribution is -2.36. The normalized spacial score (nSPS) is 19.4. The standard InChI is InChI=1S/C15H25NO/c1-3-15(13-7-5-4-6-8-13)16-11-14-10-9-12(2)17-14/h9-10,13,15-16H,3-8,11H2,1-2H3. The molecule has 1 N–H and O–H groups in total. The predicted octanol–water partition coefficient (Wildman–Crippen LogP) is 4.04. The summed E-state index contributed by atoms with van der Waals surface area (Å²) in [6.45, 7) is 5.17. The second-order valence-corrected chi connectivity index (χ2v) is 5.31. The monoisotopic (exact) mass is 235 g/mol. The molecule has 1 atom stereocenters. The first-order chi connectivity index (χ1) is 8.29. The van der Waals surface area contributed by atoms with Gasteiger partial charge in [-0.1, -0.05) is 26.2 Å². The van der Waals surface area contributed by atoms with Crippen LogP contribution < -0.4 is 5.32 Å². The Labute approximate surface area is 105 Å². The quantitative estimate of drug-likeness (QED) is 0.833. The van der Waals surface area contributed by atoms with Crippen LogP contribution in [0.1, 0.15) is 57.0 Å². The maximum atomic E-state index is 5.60. The highest BCUT2D eigenvalue weighted by Gasteiger charge is 2.21. The highest BCUT2D eigenvalue weighted by atomic mass is 16.3. The molecule has 0 bridgehead atoms. The molecule has 2 heteroatoms. The van der Waals surface area contributed by atoms with Gasteiger partial charge in [0.25, 0.3) is 0 Å². The molecule has 1 saturated carbocycles. The Kier molecular flexibility index (Phi) is 4.66. The topological polar surface area (TPSA) is 25.2 Å². The summed E-state index contributed by atoms with van der Waals surface area (Å²) in [5, 5.41) is 3.68. The van der Waals surface area contributed by atoms with Crippen molar-refractivity contribution < 1.29 is 4.42 Å². The summed E-state index contributed by atoms with van der Waals surface area (Å²) in [6, 6.07) is 4.79. The number of aryl methyl sites for hydroxylation is 1. The number of hydrogen-bond donors (Lipinski definition) is 1. The molecule has 0 aliphatic heterocycles. The van der Waals surface area contributed by atoms with Gasteiger partial charge in [0.2, 0.25) is 0 Å². The molecule has 0 radical (unpaired) electrons. The van der Waals surface area contributed by atoms with Gasteiger partial charge >= 0.3 is 0 Å². The first kappa shape index (κ1) is 12.7. The highest BCUT2D eigenvalue weighted by Crippen LogP contribution is 2.27. The molecular weight excluding hydrogens is 210 g/mol. The molecule has 0 saturated heterocycles. The molecule has 1 aromatic rings. The molecule has 1 heterocycles. The van der Waals surface area contributed by atoms with Crippen LogP contribution in [-0.2, 0) is 6.54 Å². The summed E-state index contributed by atoms with van der Waals surface area (Å²) in [6.07, 6.45) is 8.31. The Balaban J connectivity index is 1.82. The summed E-state index contributed by atoms with van der Waals surface area (Å²) in [5.74, 6) is 2.95. The van der Waals surface area contributed by atoms with E-state index in [0.29, 0.717) is 6.04 Å². The number of rotatable bonds is 5. The Hall–Kier alpha value is -0.760. The van der Waals surface area contributed by atoms with Crippen molar-refractivity contribution >= 4 is 0 Å². The summed E-state index contributed by atoms with van der Waals surface area (Å²) in [5.41, 5.74) is 0. The second-order valence-electron chi connectivity index (χ2n) is 5.31. The first-order valence-corrected chi connectivity index (χ1v) is 7.08. The van der Waals surface area contributed by atoms with Gasteiger partial charge in [0, 0.05) is 6.04 Å². The van der Waals surface area contributed by atoms with Gasteiger partial charge in [0.15, 0.2) is 0 Å². The predicted molar refractivity (Wildman–Crippen MR) is 70.9 cm³/mol. The van der Waals surface area contributed by atoms with Crippen LogP contribution in [-0.4, -0.2) is 6.04 Å². The number of furan rings is 1. The average molecular weight is 235 g/mol. The second kappa shape index (κ2) is 6.25. The maximum absolute atomic E-state index is 5.60. The molecular formula is C15H25NO. The van der Waals surface area contributed by atoms with Gasteiger partial charge < -0.3 is 9.73 Å². The average Bonchev–Trinajstić information content (AvgIpc) is 2.77. The van der Waals surface area contributed by atoms with E-state index in [1.807, 2.05) is 13.0 Å². The molecule has 0 amide bonds. The molecule has 0 spiro atoms. The Morgan fingerprint density at radius 1 is 1.29 bits per heavy atom. The van der Waals surface area contributed by atoms with Crippen LogP contribution in [0, 0.1) is 12.8 Å². The van der Waals surface area contributed by atoms with Crippen molar-refractivity contribution in [3.05, 3.63) is 23.7 Å². The Morgan fingerprint density at radius 3 is 2.65 bits per heavy atom. The van der Waals surface area contributed by atoms with E-state index in [-0.39, 0.29) is 0 Å². The fourth-order valence-corrected chi connectivity index (χ4v) is 2.99. The van der Waals surface area contributed by atoms with E-state index in [1.165, 1.54) is 38.5 Å². The van der Waals surface area contributed by atoms with Gasteiger partial charge in [0.05, 0.1) is 6.54 Å². The van der Waals surface area contributed by atoms with Gasteiger partial charge in [-0.05, 0) is 44.2 Å².